The largest absolute Gasteiger partial charge is 0.456 e. The van der Waals surface area contributed by atoms with Crippen molar-refractivity contribution in [3.63, 3.8) is 0 Å². The van der Waals surface area contributed by atoms with Crippen LogP contribution in [0.15, 0.2) is 241 Å². The molecule has 0 unspecified atom stereocenters. The molecule has 10 rings (SSSR count). The quantitative estimate of drug-likeness (QED) is 0.146. The van der Waals surface area contributed by atoms with Crippen LogP contribution in [0.3, 0.4) is 0 Å². The average molecular weight is 742 g/mol. The fourth-order valence-electron chi connectivity index (χ4n) is 7.90. The van der Waals surface area contributed by atoms with Crippen LogP contribution in [0.2, 0.25) is 0 Å². The van der Waals surface area contributed by atoms with Crippen molar-refractivity contribution >= 4 is 28.0 Å². The van der Waals surface area contributed by atoms with Gasteiger partial charge in [-0.2, -0.15) is 0 Å². The fraction of sp³-hybridized carbons (Fsp3) is 0. The summed E-state index contributed by atoms with van der Waals surface area (Å²) in [5.74, 6) is 0.833. The molecule has 10 aromatic rings. The van der Waals surface area contributed by atoms with E-state index >= 15 is 0 Å². The molecular weight excluding hydrogens is 703 g/mol. The lowest BCUT2D eigenvalue weighted by Gasteiger charge is -2.27. The van der Waals surface area contributed by atoms with Gasteiger partial charge >= 0.3 is 0 Å². The topological polar surface area (TPSA) is 16.4 Å². The maximum atomic E-state index is 6.48. The summed E-state index contributed by atoms with van der Waals surface area (Å²) in [5, 5.41) is 1.08. The second-order valence-electron chi connectivity index (χ2n) is 14.6. The Morgan fingerprint density at radius 3 is 1.12 bits per heavy atom. The van der Waals surface area contributed by atoms with E-state index < -0.39 is 0 Å². The molecule has 0 bridgehead atoms. The molecule has 0 atom stereocenters. The van der Waals surface area contributed by atoms with Gasteiger partial charge in [0.1, 0.15) is 11.3 Å². The van der Waals surface area contributed by atoms with Crippen LogP contribution >= 0.6 is 0 Å². The third-order valence-corrected chi connectivity index (χ3v) is 10.9. The summed E-state index contributed by atoms with van der Waals surface area (Å²) in [4.78, 5) is 2.34. The second-order valence-corrected chi connectivity index (χ2v) is 14.6. The Bertz CT molecular complexity index is 2860. The van der Waals surface area contributed by atoms with E-state index in [1.54, 1.807) is 0 Å². The van der Waals surface area contributed by atoms with E-state index in [-0.39, 0.29) is 0 Å². The normalized spacial score (nSPS) is 11.1. The van der Waals surface area contributed by atoms with Crippen molar-refractivity contribution < 1.29 is 4.42 Å². The number of para-hydroxylation sites is 2. The van der Waals surface area contributed by atoms with E-state index in [2.05, 4.69) is 229 Å². The molecule has 9 aromatic carbocycles. The van der Waals surface area contributed by atoms with Gasteiger partial charge in [-0.15, -0.1) is 0 Å². The van der Waals surface area contributed by atoms with Gasteiger partial charge in [0.2, 0.25) is 0 Å². The molecule has 0 radical (unpaired) electrons. The summed E-state index contributed by atoms with van der Waals surface area (Å²) < 4.78 is 6.48. The zero-order chi connectivity index (χ0) is 38.7. The van der Waals surface area contributed by atoms with Gasteiger partial charge in [0.15, 0.2) is 0 Å². The van der Waals surface area contributed by atoms with Gasteiger partial charge in [-0.05, 0) is 122 Å². The Kier molecular flexibility index (Phi) is 9.27. The van der Waals surface area contributed by atoms with Crippen molar-refractivity contribution in [2.75, 3.05) is 4.90 Å². The van der Waals surface area contributed by atoms with Gasteiger partial charge in [0.05, 0.1) is 5.69 Å². The van der Waals surface area contributed by atoms with Gasteiger partial charge in [-0.1, -0.05) is 170 Å². The minimum atomic E-state index is 0.833. The van der Waals surface area contributed by atoms with Crippen molar-refractivity contribution in [3.8, 4) is 67.0 Å². The molecule has 2 nitrogen and oxygen atoms in total. The molecule has 0 saturated carbocycles. The van der Waals surface area contributed by atoms with Crippen molar-refractivity contribution in [2.24, 2.45) is 0 Å². The SMILES string of the molecule is c1ccc(-c2ccc(-c3ccc(N(c4ccc(-c5cc(-c6ccccc6)cc(-c6ccccc6)c5)cc4)c4ccccc4-c4cc5ccccc5o4)cc3)cc2)cc1. The highest BCUT2D eigenvalue weighted by Crippen LogP contribution is 2.43. The predicted octanol–water partition coefficient (Wildman–Crippen LogP) is 15.9. The molecule has 0 fully saturated rings. The number of hydrogen-bond donors (Lipinski definition) is 0. The number of nitrogens with zero attached hydrogens (tertiary/aromatic N) is 1. The summed E-state index contributed by atoms with van der Waals surface area (Å²) in [6, 6.07) is 84.2. The molecule has 274 valence electrons. The molecule has 0 amide bonds. The van der Waals surface area contributed by atoms with E-state index in [4.69, 9.17) is 4.42 Å². The highest BCUT2D eigenvalue weighted by molar-refractivity contribution is 5.91. The van der Waals surface area contributed by atoms with Gasteiger partial charge in [-0.3, -0.25) is 0 Å². The van der Waals surface area contributed by atoms with Crippen LogP contribution in [0.1, 0.15) is 0 Å². The van der Waals surface area contributed by atoms with E-state index in [1.807, 2.05) is 12.1 Å². The maximum absolute atomic E-state index is 6.48. The maximum Gasteiger partial charge on any atom is 0.137 e. The summed E-state index contributed by atoms with van der Waals surface area (Å²) in [6.07, 6.45) is 0. The van der Waals surface area contributed by atoms with Gasteiger partial charge in [0.25, 0.3) is 0 Å². The Morgan fingerprint density at radius 2 is 0.638 bits per heavy atom. The minimum Gasteiger partial charge on any atom is -0.456 e. The first-order valence-corrected chi connectivity index (χ1v) is 19.7. The summed E-state index contributed by atoms with van der Waals surface area (Å²) in [7, 11) is 0. The second kappa shape index (κ2) is 15.5. The highest BCUT2D eigenvalue weighted by atomic mass is 16.3. The molecule has 0 aliphatic carbocycles. The monoisotopic (exact) mass is 741 g/mol. The molecule has 1 heterocycles. The van der Waals surface area contributed by atoms with E-state index in [0.717, 1.165) is 50.5 Å². The Morgan fingerprint density at radius 1 is 0.276 bits per heavy atom. The first-order valence-electron chi connectivity index (χ1n) is 19.7. The van der Waals surface area contributed by atoms with Crippen molar-refractivity contribution in [2.45, 2.75) is 0 Å². The molecule has 0 saturated heterocycles. The standard InChI is InChI=1S/C56H39NO/c1-4-14-40(15-5-1)43-24-26-44(27-25-43)45-28-32-51(33-29-45)57(54-22-12-11-21-53(54)56-39-47-20-10-13-23-55(47)58-56)52-34-30-46(31-35-52)50-37-48(41-16-6-2-7-17-41)36-49(38-50)42-18-8-3-9-19-42/h1-39H. The van der Waals surface area contributed by atoms with Gasteiger partial charge < -0.3 is 9.32 Å². The van der Waals surface area contributed by atoms with Crippen LogP contribution < -0.4 is 4.90 Å². The predicted molar refractivity (Wildman–Crippen MR) is 244 cm³/mol. The molecule has 0 N–H and O–H groups in total. The molecular formula is C56H39NO. The lowest BCUT2D eigenvalue weighted by molar-refractivity contribution is 0.631. The van der Waals surface area contributed by atoms with Crippen LogP contribution in [0, 0.1) is 0 Å². The number of anilines is 3. The van der Waals surface area contributed by atoms with E-state index in [0.29, 0.717) is 0 Å². The van der Waals surface area contributed by atoms with Crippen molar-refractivity contribution in [1.82, 2.24) is 0 Å². The molecule has 0 aliphatic rings. The molecule has 58 heavy (non-hydrogen) atoms. The Hall–Kier alpha value is -7.68. The van der Waals surface area contributed by atoms with E-state index in [1.165, 1.54) is 44.5 Å². The summed E-state index contributed by atoms with van der Waals surface area (Å²) >= 11 is 0. The first kappa shape index (κ1) is 34.8. The van der Waals surface area contributed by atoms with Crippen LogP contribution in [0.4, 0.5) is 17.1 Å². The van der Waals surface area contributed by atoms with Gasteiger partial charge in [-0.25, -0.2) is 0 Å². The number of furan rings is 1. The van der Waals surface area contributed by atoms with Crippen LogP contribution in [-0.4, -0.2) is 0 Å². The highest BCUT2D eigenvalue weighted by Gasteiger charge is 2.20. The molecule has 0 spiro atoms. The lowest BCUT2D eigenvalue weighted by atomic mass is 9.93. The van der Waals surface area contributed by atoms with Crippen molar-refractivity contribution in [3.05, 3.63) is 237 Å². The molecule has 2 heteroatoms. The lowest BCUT2D eigenvalue weighted by Crippen LogP contribution is -2.11. The summed E-state index contributed by atoms with van der Waals surface area (Å²) in [5.41, 5.74) is 16.9. The Labute approximate surface area is 339 Å². The zero-order valence-electron chi connectivity index (χ0n) is 31.9. The van der Waals surface area contributed by atoms with Crippen LogP contribution in [0.5, 0.6) is 0 Å². The third-order valence-electron chi connectivity index (χ3n) is 10.9. The molecule has 0 aliphatic heterocycles. The van der Waals surface area contributed by atoms with Crippen LogP contribution in [0.25, 0.3) is 77.9 Å². The Balaban J connectivity index is 1.06. The number of benzene rings is 9. The van der Waals surface area contributed by atoms with Crippen molar-refractivity contribution in [1.29, 1.82) is 0 Å². The average Bonchev–Trinajstić information content (AvgIpc) is 3.75. The number of hydrogen-bond acceptors (Lipinski definition) is 2. The minimum absolute atomic E-state index is 0.833. The summed E-state index contributed by atoms with van der Waals surface area (Å²) in [6.45, 7) is 0. The molecule has 1 aromatic heterocycles. The van der Waals surface area contributed by atoms with Crippen LogP contribution in [-0.2, 0) is 0 Å². The zero-order valence-corrected chi connectivity index (χ0v) is 31.9. The number of rotatable bonds is 9. The third kappa shape index (κ3) is 7.00. The van der Waals surface area contributed by atoms with Gasteiger partial charge in [0, 0.05) is 22.3 Å². The number of fused-ring (bicyclic) bond motifs is 1. The fourth-order valence-corrected chi connectivity index (χ4v) is 7.90. The first-order chi connectivity index (χ1) is 28.7. The smallest absolute Gasteiger partial charge is 0.137 e. The van der Waals surface area contributed by atoms with E-state index in [9.17, 15) is 0 Å².